The Labute approximate surface area is 108 Å². The molecule has 3 aliphatic rings. The van der Waals surface area contributed by atoms with Crippen LogP contribution in [0.4, 0.5) is 0 Å². The molecule has 4 rings (SSSR count). The molecule has 0 unspecified atom stereocenters. The summed E-state index contributed by atoms with van der Waals surface area (Å²) in [5.41, 5.74) is 2.84. The second-order valence-corrected chi connectivity index (χ2v) is 5.84. The summed E-state index contributed by atoms with van der Waals surface area (Å²) >= 11 is 0. The molecular weight excluding hydrogens is 224 g/mol. The molecule has 0 radical (unpaired) electrons. The van der Waals surface area contributed by atoms with E-state index in [4.69, 9.17) is 9.47 Å². The van der Waals surface area contributed by atoms with E-state index in [1.54, 1.807) is 0 Å². The van der Waals surface area contributed by atoms with E-state index in [0.717, 1.165) is 19.6 Å². The minimum Gasteiger partial charge on any atom is -0.369 e. The normalized spacial score (nSPS) is 38.4. The third kappa shape index (κ3) is 1.36. The topological polar surface area (TPSA) is 18.5 Å². The molecular formula is C16H20O2. The Bertz CT molecular complexity index is 456. The Morgan fingerprint density at radius 2 is 1.89 bits per heavy atom. The van der Waals surface area contributed by atoms with Gasteiger partial charge in [-0.25, -0.2) is 0 Å². The molecule has 1 saturated carbocycles. The fourth-order valence-electron chi connectivity index (χ4n) is 4.28. The van der Waals surface area contributed by atoms with Crippen molar-refractivity contribution in [2.24, 2.45) is 0 Å². The highest BCUT2D eigenvalue weighted by Crippen LogP contribution is 2.58. The minimum atomic E-state index is -0.0432. The Kier molecular flexibility index (Phi) is 2.49. The highest BCUT2D eigenvalue weighted by atomic mass is 16.6. The Morgan fingerprint density at radius 3 is 2.83 bits per heavy atom. The van der Waals surface area contributed by atoms with Crippen molar-refractivity contribution in [2.75, 3.05) is 13.2 Å². The first-order valence-electron chi connectivity index (χ1n) is 7.26. The van der Waals surface area contributed by atoms with Gasteiger partial charge in [-0.15, -0.1) is 0 Å². The number of benzene rings is 1. The molecule has 1 spiro atoms. The highest BCUT2D eigenvalue weighted by molar-refractivity contribution is 5.43. The summed E-state index contributed by atoms with van der Waals surface area (Å²) in [7, 11) is 0. The lowest BCUT2D eigenvalue weighted by molar-refractivity contribution is -0.210. The number of ether oxygens (including phenoxy) is 2. The Hall–Kier alpha value is -0.860. The predicted octanol–water partition coefficient (Wildman–Crippen LogP) is 3.57. The number of hydrogen-bond donors (Lipinski definition) is 0. The van der Waals surface area contributed by atoms with Gasteiger partial charge in [0.2, 0.25) is 0 Å². The molecule has 0 amide bonds. The summed E-state index contributed by atoms with van der Waals surface area (Å²) in [6.07, 6.45) is 6.57. The van der Waals surface area contributed by atoms with Gasteiger partial charge >= 0.3 is 0 Å². The minimum absolute atomic E-state index is 0.0432. The summed E-state index contributed by atoms with van der Waals surface area (Å²) in [4.78, 5) is 0. The maximum Gasteiger partial charge on any atom is 0.112 e. The van der Waals surface area contributed by atoms with Gasteiger partial charge in [0, 0.05) is 5.92 Å². The molecule has 1 aromatic rings. The maximum absolute atomic E-state index is 6.33. The molecule has 0 bridgehead atoms. The molecule has 2 fully saturated rings. The van der Waals surface area contributed by atoms with Crippen molar-refractivity contribution >= 4 is 0 Å². The molecule has 0 aromatic heterocycles. The second kappa shape index (κ2) is 4.07. The zero-order valence-corrected chi connectivity index (χ0v) is 10.7. The van der Waals surface area contributed by atoms with Crippen molar-refractivity contribution in [1.82, 2.24) is 0 Å². The Balaban J connectivity index is 1.86. The van der Waals surface area contributed by atoms with Gasteiger partial charge in [-0.3, -0.25) is 0 Å². The first-order chi connectivity index (χ1) is 8.92. The number of rotatable bonds is 0. The number of hydrogen-bond acceptors (Lipinski definition) is 2. The molecule has 2 nitrogen and oxygen atoms in total. The van der Waals surface area contributed by atoms with Crippen molar-refractivity contribution in [3.63, 3.8) is 0 Å². The maximum atomic E-state index is 6.33. The third-order valence-corrected chi connectivity index (χ3v) is 4.99. The summed E-state index contributed by atoms with van der Waals surface area (Å²) in [5.74, 6) is 0.557. The predicted molar refractivity (Wildman–Crippen MR) is 69.6 cm³/mol. The molecule has 18 heavy (non-hydrogen) atoms. The van der Waals surface area contributed by atoms with Crippen LogP contribution in [0, 0.1) is 0 Å². The third-order valence-electron chi connectivity index (χ3n) is 4.99. The van der Waals surface area contributed by atoms with Crippen LogP contribution < -0.4 is 0 Å². The Morgan fingerprint density at radius 1 is 1.00 bits per heavy atom. The summed E-state index contributed by atoms with van der Waals surface area (Å²) in [5, 5.41) is 0. The first kappa shape index (κ1) is 11.0. The van der Waals surface area contributed by atoms with Gasteiger partial charge in [0.05, 0.1) is 13.2 Å². The highest BCUT2D eigenvalue weighted by Gasteiger charge is 2.56. The average molecular weight is 244 g/mol. The average Bonchev–Trinajstić information content (AvgIpc) is 2.55. The van der Waals surface area contributed by atoms with Gasteiger partial charge in [0.15, 0.2) is 0 Å². The van der Waals surface area contributed by atoms with E-state index >= 15 is 0 Å². The smallest absolute Gasteiger partial charge is 0.112 e. The van der Waals surface area contributed by atoms with E-state index < -0.39 is 0 Å². The largest absolute Gasteiger partial charge is 0.369 e. The van der Waals surface area contributed by atoms with Crippen LogP contribution in [0.3, 0.4) is 0 Å². The molecule has 96 valence electrons. The quantitative estimate of drug-likeness (QED) is 0.694. The molecule has 1 aromatic carbocycles. The van der Waals surface area contributed by atoms with E-state index in [-0.39, 0.29) is 11.7 Å². The van der Waals surface area contributed by atoms with Crippen LogP contribution in [-0.4, -0.2) is 18.8 Å². The van der Waals surface area contributed by atoms with Crippen molar-refractivity contribution in [2.45, 2.75) is 49.7 Å². The van der Waals surface area contributed by atoms with Crippen LogP contribution in [-0.2, 0) is 9.47 Å². The van der Waals surface area contributed by atoms with Gasteiger partial charge in [-0.2, -0.15) is 0 Å². The summed E-state index contributed by atoms with van der Waals surface area (Å²) < 4.78 is 12.5. The first-order valence-corrected chi connectivity index (χ1v) is 7.26. The van der Waals surface area contributed by atoms with Crippen LogP contribution in [0.1, 0.15) is 55.3 Å². The van der Waals surface area contributed by atoms with E-state index in [1.807, 2.05) is 0 Å². The molecule has 1 aliphatic heterocycles. The lowest BCUT2D eigenvalue weighted by Gasteiger charge is -2.42. The summed E-state index contributed by atoms with van der Waals surface area (Å²) in [6, 6.07) is 8.83. The molecule has 0 N–H and O–H groups in total. The van der Waals surface area contributed by atoms with Crippen LogP contribution in [0.25, 0.3) is 0 Å². The lowest BCUT2D eigenvalue weighted by Crippen LogP contribution is -2.45. The van der Waals surface area contributed by atoms with Crippen LogP contribution in [0.5, 0.6) is 0 Å². The SMILES string of the molecule is c1ccc2c(c1)[C@H]1OCCO[C@]13CCCCC[C@@H]23. The van der Waals surface area contributed by atoms with Gasteiger partial charge in [0.25, 0.3) is 0 Å². The molecule has 3 atom stereocenters. The lowest BCUT2D eigenvalue weighted by atomic mass is 9.82. The zero-order chi connectivity index (χ0) is 12.0. The molecule has 1 saturated heterocycles. The monoisotopic (exact) mass is 244 g/mol. The van der Waals surface area contributed by atoms with Crippen molar-refractivity contribution < 1.29 is 9.47 Å². The number of fused-ring (bicyclic) bond motifs is 3. The van der Waals surface area contributed by atoms with E-state index in [0.29, 0.717) is 5.92 Å². The zero-order valence-electron chi connectivity index (χ0n) is 10.7. The van der Waals surface area contributed by atoms with Crippen LogP contribution in [0.15, 0.2) is 24.3 Å². The standard InChI is InChI=1S/C16H20O2/c1-2-8-14-12-6-3-4-7-13(12)15-16(14,9-5-1)18-11-10-17-15/h3-4,6-7,14-15H,1-2,5,8-11H2/t14-,15+,16-/m0/s1. The van der Waals surface area contributed by atoms with Crippen LogP contribution >= 0.6 is 0 Å². The van der Waals surface area contributed by atoms with E-state index in [2.05, 4.69) is 24.3 Å². The molecule has 2 heteroatoms. The van der Waals surface area contributed by atoms with Gasteiger partial charge in [-0.1, -0.05) is 43.5 Å². The second-order valence-electron chi connectivity index (χ2n) is 5.84. The van der Waals surface area contributed by atoms with Crippen molar-refractivity contribution in [1.29, 1.82) is 0 Å². The van der Waals surface area contributed by atoms with E-state index in [1.165, 1.54) is 36.8 Å². The van der Waals surface area contributed by atoms with E-state index in [9.17, 15) is 0 Å². The van der Waals surface area contributed by atoms with Gasteiger partial charge < -0.3 is 9.47 Å². The van der Waals surface area contributed by atoms with Crippen molar-refractivity contribution in [3.8, 4) is 0 Å². The molecule has 2 aliphatic carbocycles. The van der Waals surface area contributed by atoms with Crippen LogP contribution in [0.2, 0.25) is 0 Å². The van der Waals surface area contributed by atoms with Gasteiger partial charge in [0.1, 0.15) is 11.7 Å². The van der Waals surface area contributed by atoms with Gasteiger partial charge in [-0.05, 0) is 24.0 Å². The molecule has 1 heterocycles. The fourth-order valence-corrected chi connectivity index (χ4v) is 4.28. The fraction of sp³-hybridized carbons (Fsp3) is 0.625. The summed E-state index contributed by atoms with van der Waals surface area (Å²) in [6.45, 7) is 1.51. The van der Waals surface area contributed by atoms with Crippen molar-refractivity contribution in [3.05, 3.63) is 35.4 Å².